The van der Waals surface area contributed by atoms with E-state index in [4.69, 9.17) is 14.7 Å². The van der Waals surface area contributed by atoms with Gasteiger partial charge < -0.3 is 14.8 Å². The van der Waals surface area contributed by atoms with Crippen LogP contribution in [0.3, 0.4) is 0 Å². The molecule has 0 aliphatic heterocycles. The van der Waals surface area contributed by atoms with Gasteiger partial charge in [0.15, 0.2) is 0 Å². The highest BCUT2D eigenvalue weighted by Gasteiger charge is 2.20. The zero-order valence-electron chi connectivity index (χ0n) is 10.5. The fraction of sp³-hybridized carbons (Fsp3) is 0.462. The van der Waals surface area contributed by atoms with Crippen molar-refractivity contribution in [3.63, 3.8) is 0 Å². The van der Waals surface area contributed by atoms with Crippen molar-refractivity contribution in [2.24, 2.45) is 0 Å². The predicted molar refractivity (Wildman–Crippen MR) is 66.2 cm³/mol. The van der Waals surface area contributed by atoms with E-state index in [2.05, 4.69) is 11.4 Å². The molecule has 1 rings (SSSR count). The molecular formula is C13H18N2O2. The van der Waals surface area contributed by atoms with Gasteiger partial charge in [-0.05, 0) is 38.2 Å². The summed E-state index contributed by atoms with van der Waals surface area (Å²) in [5.41, 5.74) is -0.535. The summed E-state index contributed by atoms with van der Waals surface area (Å²) in [6, 6.07) is 9.61. The number of benzene rings is 1. The second kappa shape index (κ2) is 6.12. The quantitative estimate of drug-likeness (QED) is 0.817. The number of methoxy groups -OCH3 is 1. The molecule has 17 heavy (non-hydrogen) atoms. The summed E-state index contributed by atoms with van der Waals surface area (Å²) in [4.78, 5) is 0. The minimum atomic E-state index is -0.535. The van der Waals surface area contributed by atoms with Crippen LogP contribution in [0.1, 0.15) is 13.3 Å². The maximum atomic E-state index is 8.97. The van der Waals surface area contributed by atoms with Gasteiger partial charge in [0.05, 0.1) is 19.8 Å². The van der Waals surface area contributed by atoms with Gasteiger partial charge in [-0.1, -0.05) is 0 Å². The molecule has 0 aliphatic carbocycles. The largest absolute Gasteiger partial charge is 0.497 e. The van der Waals surface area contributed by atoms with Gasteiger partial charge in [0.25, 0.3) is 0 Å². The first-order valence-corrected chi connectivity index (χ1v) is 5.50. The third kappa shape index (κ3) is 3.97. The first kappa shape index (κ1) is 13.3. The van der Waals surface area contributed by atoms with Crippen LogP contribution in [0.2, 0.25) is 0 Å². The van der Waals surface area contributed by atoms with Crippen molar-refractivity contribution in [1.29, 1.82) is 5.26 Å². The summed E-state index contributed by atoms with van der Waals surface area (Å²) in [5, 5.41) is 11.9. The second-order valence-corrected chi connectivity index (χ2v) is 3.97. The van der Waals surface area contributed by atoms with Crippen molar-refractivity contribution in [1.82, 2.24) is 5.32 Å². The average molecular weight is 234 g/mol. The lowest BCUT2D eigenvalue weighted by molar-refractivity contribution is 0.272. The van der Waals surface area contributed by atoms with E-state index in [-0.39, 0.29) is 0 Å². The third-order valence-electron chi connectivity index (χ3n) is 2.73. The Balaban J connectivity index is 2.43. The van der Waals surface area contributed by atoms with Crippen molar-refractivity contribution < 1.29 is 9.47 Å². The lowest BCUT2D eigenvalue weighted by atomic mass is 10.0. The summed E-state index contributed by atoms with van der Waals surface area (Å²) < 4.78 is 10.6. The Hall–Kier alpha value is -1.73. The summed E-state index contributed by atoms with van der Waals surface area (Å²) in [5.74, 6) is 1.58. The SMILES string of the molecule is CNC(C)(C#N)CCOc1ccc(OC)cc1. The van der Waals surface area contributed by atoms with Crippen LogP contribution in [-0.4, -0.2) is 26.3 Å². The molecule has 1 aromatic rings. The Labute approximate surface area is 102 Å². The maximum absolute atomic E-state index is 8.97. The molecule has 1 N–H and O–H groups in total. The average Bonchev–Trinajstić information content (AvgIpc) is 2.39. The molecule has 0 saturated carbocycles. The molecule has 0 spiro atoms. The Bertz CT molecular complexity index is 383. The van der Waals surface area contributed by atoms with Gasteiger partial charge >= 0.3 is 0 Å². The van der Waals surface area contributed by atoms with Gasteiger partial charge in [-0.25, -0.2) is 0 Å². The van der Waals surface area contributed by atoms with Crippen LogP contribution in [0.15, 0.2) is 24.3 Å². The van der Waals surface area contributed by atoms with Gasteiger partial charge in [-0.2, -0.15) is 5.26 Å². The van der Waals surface area contributed by atoms with Crippen molar-refractivity contribution in [2.75, 3.05) is 20.8 Å². The molecule has 4 heteroatoms. The molecular weight excluding hydrogens is 216 g/mol. The van der Waals surface area contributed by atoms with Gasteiger partial charge in [0.1, 0.15) is 17.0 Å². The van der Waals surface area contributed by atoms with Crippen molar-refractivity contribution in [2.45, 2.75) is 18.9 Å². The van der Waals surface area contributed by atoms with E-state index < -0.39 is 5.54 Å². The Morgan fingerprint density at radius 1 is 1.29 bits per heavy atom. The van der Waals surface area contributed by atoms with Crippen LogP contribution in [0.4, 0.5) is 0 Å². The summed E-state index contributed by atoms with van der Waals surface area (Å²) in [6.07, 6.45) is 0.631. The highest BCUT2D eigenvalue weighted by Crippen LogP contribution is 2.18. The second-order valence-electron chi connectivity index (χ2n) is 3.97. The number of nitriles is 1. The zero-order chi connectivity index (χ0) is 12.7. The lowest BCUT2D eigenvalue weighted by Gasteiger charge is -2.20. The molecule has 0 radical (unpaired) electrons. The molecule has 0 aromatic heterocycles. The number of ether oxygens (including phenoxy) is 2. The van der Waals surface area contributed by atoms with Gasteiger partial charge in [-0.15, -0.1) is 0 Å². The Kier molecular flexibility index (Phi) is 4.80. The summed E-state index contributed by atoms with van der Waals surface area (Å²) in [7, 11) is 3.40. The molecule has 0 fully saturated rings. The molecule has 0 bridgehead atoms. The zero-order valence-corrected chi connectivity index (χ0v) is 10.5. The number of nitrogens with zero attached hydrogens (tertiary/aromatic N) is 1. The van der Waals surface area contributed by atoms with Crippen molar-refractivity contribution in [3.8, 4) is 17.6 Å². The number of hydrogen-bond acceptors (Lipinski definition) is 4. The number of nitrogens with one attached hydrogen (secondary N) is 1. The van der Waals surface area contributed by atoms with Gasteiger partial charge in [-0.3, -0.25) is 0 Å². The smallest absolute Gasteiger partial charge is 0.119 e. The highest BCUT2D eigenvalue weighted by molar-refractivity contribution is 5.31. The summed E-state index contributed by atoms with van der Waals surface area (Å²) >= 11 is 0. The predicted octanol–water partition coefficient (Wildman–Crippen LogP) is 1.97. The molecule has 1 aromatic carbocycles. The molecule has 4 nitrogen and oxygen atoms in total. The van der Waals surface area contributed by atoms with E-state index in [1.165, 1.54) is 0 Å². The van der Waals surface area contributed by atoms with E-state index >= 15 is 0 Å². The van der Waals surface area contributed by atoms with E-state index in [1.54, 1.807) is 14.2 Å². The molecule has 1 unspecified atom stereocenters. The first-order valence-electron chi connectivity index (χ1n) is 5.50. The van der Waals surface area contributed by atoms with Crippen molar-refractivity contribution >= 4 is 0 Å². The van der Waals surface area contributed by atoms with Crippen LogP contribution >= 0.6 is 0 Å². The van der Waals surface area contributed by atoms with Gasteiger partial charge in [0.2, 0.25) is 0 Å². The first-order chi connectivity index (χ1) is 8.13. The Morgan fingerprint density at radius 3 is 2.35 bits per heavy atom. The lowest BCUT2D eigenvalue weighted by Crippen LogP contribution is -2.39. The maximum Gasteiger partial charge on any atom is 0.119 e. The third-order valence-corrected chi connectivity index (χ3v) is 2.73. The molecule has 0 aliphatic rings. The number of hydrogen-bond donors (Lipinski definition) is 1. The number of rotatable bonds is 6. The fourth-order valence-corrected chi connectivity index (χ4v) is 1.28. The highest BCUT2D eigenvalue weighted by atomic mass is 16.5. The topological polar surface area (TPSA) is 54.3 Å². The van der Waals surface area contributed by atoms with Gasteiger partial charge in [0, 0.05) is 6.42 Å². The van der Waals surface area contributed by atoms with Crippen LogP contribution < -0.4 is 14.8 Å². The van der Waals surface area contributed by atoms with E-state index in [0.717, 1.165) is 11.5 Å². The van der Waals surface area contributed by atoms with Crippen LogP contribution in [0.5, 0.6) is 11.5 Å². The molecule has 1 atom stereocenters. The Morgan fingerprint density at radius 2 is 1.88 bits per heavy atom. The van der Waals surface area contributed by atoms with E-state index in [9.17, 15) is 0 Å². The van der Waals surface area contributed by atoms with Crippen LogP contribution in [0.25, 0.3) is 0 Å². The molecule has 92 valence electrons. The minimum absolute atomic E-state index is 0.497. The standard InChI is InChI=1S/C13H18N2O2/c1-13(10-14,15-2)8-9-17-12-6-4-11(16-3)5-7-12/h4-7,15H,8-9H2,1-3H3. The molecule has 0 saturated heterocycles. The normalized spacial score (nSPS) is 13.5. The minimum Gasteiger partial charge on any atom is -0.497 e. The van der Waals surface area contributed by atoms with E-state index in [0.29, 0.717) is 13.0 Å². The molecule has 0 amide bonds. The monoisotopic (exact) mass is 234 g/mol. The molecule has 0 heterocycles. The summed E-state index contributed by atoms with van der Waals surface area (Å²) in [6.45, 7) is 2.35. The van der Waals surface area contributed by atoms with Crippen LogP contribution in [0, 0.1) is 11.3 Å². The fourth-order valence-electron chi connectivity index (χ4n) is 1.28. The van der Waals surface area contributed by atoms with E-state index in [1.807, 2.05) is 31.2 Å². The van der Waals surface area contributed by atoms with Crippen molar-refractivity contribution in [3.05, 3.63) is 24.3 Å². The van der Waals surface area contributed by atoms with Crippen LogP contribution in [-0.2, 0) is 0 Å².